The fourth-order valence-corrected chi connectivity index (χ4v) is 2.16. The second-order valence-electron chi connectivity index (χ2n) is 5.36. The highest BCUT2D eigenvalue weighted by atomic mass is 16.2. The molecule has 0 aromatic heterocycles. The maximum atomic E-state index is 12.2. The first kappa shape index (κ1) is 18.2. The largest absolute Gasteiger partial charge is 0.351 e. The smallest absolute Gasteiger partial charge is 0.237 e. The summed E-state index contributed by atoms with van der Waals surface area (Å²) in [5, 5.41) is 2.90. The summed E-state index contributed by atoms with van der Waals surface area (Å²) in [7, 11) is 1.80. The number of likely N-dealkylation sites (N-methyl/N-ethyl adjacent to an activating group) is 2. The van der Waals surface area contributed by atoms with Crippen molar-refractivity contribution in [3.05, 3.63) is 35.9 Å². The zero-order valence-electron chi connectivity index (χ0n) is 14.0. The summed E-state index contributed by atoms with van der Waals surface area (Å²) in [4.78, 5) is 27.8. The van der Waals surface area contributed by atoms with Crippen molar-refractivity contribution in [2.75, 3.05) is 26.7 Å². The van der Waals surface area contributed by atoms with E-state index in [4.69, 9.17) is 0 Å². The number of nitrogens with one attached hydrogen (secondary N) is 1. The van der Waals surface area contributed by atoms with Crippen LogP contribution in [0.4, 0.5) is 0 Å². The van der Waals surface area contributed by atoms with Crippen LogP contribution >= 0.6 is 0 Å². The molecule has 0 aliphatic rings. The first-order valence-corrected chi connectivity index (χ1v) is 7.79. The Hall–Kier alpha value is -1.88. The number of carbonyl (C=O) groups is 2. The monoisotopic (exact) mass is 305 g/mol. The van der Waals surface area contributed by atoms with Crippen LogP contribution in [-0.4, -0.2) is 54.3 Å². The quantitative estimate of drug-likeness (QED) is 0.792. The molecule has 122 valence electrons. The third kappa shape index (κ3) is 5.48. The van der Waals surface area contributed by atoms with Crippen LogP contribution in [0.15, 0.2) is 30.3 Å². The van der Waals surface area contributed by atoms with Gasteiger partial charge in [-0.25, -0.2) is 0 Å². The zero-order valence-corrected chi connectivity index (χ0v) is 14.0. The lowest BCUT2D eigenvalue weighted by atomic mass is 10.2. The summed E-state index contributed by atoms with van der Waals surface area (Å²) < 4.78 is 0. The topological polar surface area (TPSA) is 52.7 Å². The first-order chi connectivity index (χ1) is 10.5. The molecule has 22 heavy (non-hydrogen) atoms. The minimum atomic E-state index is -0.344. The van der Waals surface area contributed by atoms with E-state index in [2.05, 4.69) is 5.32 Å². The fourth-order valence-electron chi connectivity index (χ4n) is 2.16. The Bertz CT molecular complexity index is 472. The van der Waals surface area contributed by atoms with Crippen LogP contribution in [0.3, 0.4) is 0 Å². The molecular weight excluding hydrogens is 278 g/mol. The number of hydrogen-bond donors (Lipinski definition) is 1. The van der Waals surface area contributed by atoms with Crippen molar-refractivity contribution < 1.29 is 9.59 Å². The van der Waals surface area contributed by atoms with Crippen LogP contribution in [0.2, 0.25) is 0 Å². The molecular formula is C17H27N3O2. The molecule has 1 aromatic carbocycles. The van der Waals surface area contributed by atoms with E-state index >= 15 is 0 Å². The van der Waals surface area contributed by atoms with Gasteiger partial charge in [0.25, 0.3) is 0 Å². The van der Waals surface area contributed by atoms with E-state index in [-0.39, 0.29) is 24.4 Å². The van der Waals surface area contributed by atoms with Gasteiger partial charge in [-0.2, -0.15) is 0 Å². The van der Waals surface area contributed by atoms with Gasteiger partial charge in [0.2, 0.25) is 11.8 Å². The van der Waals surface area contributed by atoms with Gasteiger partial charge in [-0.05, 0) is 33.4 Å². The third-order valence-electron chi connectivity index (χ3n) is 3.85. The molecule has 5 nitrogen and oxygen atoms in total. The molecule has 5 heteroatoms. The summed E-state index contributed by atoms with van der Waals surface area (Å²) in [5.41, 5.74) is 1.06. The Morgan fingerprint density at radius 3 is 2.27 bits per heavy atom. The average molecular weight is 305 g/mol. The highest BCUT2D eigenvalue weighted by Crippen LogP contribution is 2.01. The Balaban J connectivity index is 2.46. The van der Waals surface area contributed by atoms with Gasteiger partial charge in [-0.3, -0.25) is 14.5 Å². The van der Waals surface area contributed by atoms with Gasteiger partial charge in [0.05, 0.1) is 12.6 Å². The van der Waals surface area contributed by atoms with Crippen LogP contribution in [0, 0.1) is 0 Å². The normalized spacial score (nSPS) is 12.0. The van der Waals surface area contributed by atoms with Crippen molar-refractivity contribution in [2.24, 2.45) is 0 Å². The molecule has 1 aromatic rings. The first-order valence-electron chi connectivity index (χ1n) is 7.79. The summed E-state index contributed by atoms with van der Waals surface area (Å²) >= 11 is 0. The molecule has 1 N–H and O–H groups in total. The lowest BCUT2D eigenvalue weighted by Crippen LogP contribution is -2.47. The minimum Gasteiger partial charge on any atom is -0.351 e. The van der Waals surface area contributed by atoms with Crippen LogP contribution in [0.25, 0.3) is 0 Å². The van der Waals surface area contributed by atoms with Gasteiger partial charge in [-0.1, -0.05) is 30.3 Å². The van der Waals surface area contributed by atoms with E-state index < -0.39 is 0 Å². The fraction of sp³-hybridized carbons (Fsp3) is 0.529. The van der Waals surface area contributed by atoms with E-state index in [1.807, 2.05) is 51.1 Å². The van der Waals surface area contributed by atoms with Crippen molar-refractivity contribution in [1.82, 2.24) is 15.1 Å². The third-order valence-corrected chi connectivity index (χ3v) is 3.85. The lowest BCUT2D eigenvalue weighted by molar-refractivity contribution is -0.133. The predicted octanol–water partition coefficient (Wildman–Crippen LogP) is 1.49. The van der Waals surface area contributed by atoms with E-state index in [1.54, 1.807) is 16.8 Å². The van der Waals surface area contributed by atoms with Crippen molar-refractivity contribution in [1.29, 1.82) is 0 Å². The van der Waals surface area contributed by atoms with E-state index in [0.717, 1.165) is 5.56 Å². The molecule has 0 saturated heterocycles. The van der Waals surface area contributed by atoms with Gasteiger partial charge in [0.1, 0.15) is 0 Å². The number of nitrogens with zero attached hydrogens (tertiary/aromatic N) is 2. The molecule has 1 rings (SSSR count). The van der Waals surface area contributed by atoms with Crippen LogP contribution in [0.1, 0.15) is 26.3 Å². The van der Waals surface area contributed by atoms with Crippen molar-refractivity contribution in [2.45, 2.75) is 33.4 Å². The van der Waals surface area contributed by atoms with Gasteiger partial charge >= 0.3 is 0 Å². The summed E-state index contributed by atoms with van der Waals surface area (Å²) in [6, 6.07) is 9.43. The molecule has 0 aliphatic carbocycles. The van der Waals surface area contributed by atoms with Crippen molar-refractivity contribution >= 4 is 11.8 Å². The van der Waals surface area contributed by atoms with Crippen molar-refractivity contribution in [3.8, 4) is 0 Å². The van der Waals surface area contributed by atoms with Gasteiger partial charge < -0.3 is 10.2 Å². The van der Waals surface area contributed by atoms with Crippen LogP contribution in [-0.2, 0) is 16.1 Å². The maximum absolute atomic E-state index is 12.2. The Morgan fingerprint density at radius 2 is 1.73 bits per heavy atom. The molecule has 0 radical (unpaired) electrons. The van der Waals surface area contributed by atoms with Crippen LogP contribution < -0.4 is 5.32 Å². The summed E-state index contributed by atoms with van der Waals surface area (Å²) in [5.74, 6) is -0.0195. The molecule has 0 spiro atoms. The molecule has 0 saturated carbocycles. The summed E-state index contributed by atoms with van der Waals surface area (Å²) in [6.45, 7) is 7.86. The highest BCUT2D eigenvalue weighted by Gasteiger charge is 2.21. The van der Waals surface area contributed by atoms with Gasteiger partial charge in [-0.15, -0.1) is 0 Å². The molecule has 1 unspecified atom stereocenters. The number of amides is 2. The molecule has 0 heterocycles. The second-order valence-corrected chi connectivity index (χ2v) is 5.36. The van der Waals surface area contributed by atoms with Gasteiger partial charge in [0.15, 0.2) is 0 Å². The SMILES string of the molecule is CCN(CC)C(=O)CN(C)C(C)C(=O)NCc1ccccc1. The Kier molecular flexibility index (Phi) is 7.60. The van der Waals surface area contributed by atoms with E-state index in [1.165, 1.54) is 0 Å². The van der Waals surface area contributed by atoms with Gasteiger partial charge in [0, 0.05) is 19.6 Å². The standard InChI is InChI=1S/C17H27N3O2/c1-5-20(6-2)16(21)13-19(4)14(3)17(22)18-12-15-10-8-7-9-11-15/h7-11,14H,5-6,12-13H2,1-4H3,(H,18,22). The van der Waals surface area contributed by atoms with E-state index in [9.17, 15) is 9.59 Å². The summed E-state index contributed by atoms with van der Waals surface area (Å²) in [6.07, 6.45) is 0. The second kappa shape index (κ2) is 9.20. The average Bonchev–Trinajstić information content (AvgIpc) is 2.53. The van der Waals surface area contributed by atoms with Crippen molar-refractivity contribution in [3.63, 3.8) is 0 Å². The van der Waals surface area contributed by atoms with Crippen LogP contribution in [0.5, 0.6) is 0 Å². The Morgan fingerprint density at radius 1 is 1.14 bits per heavy atom. The number of rotatable bonds is 8. The number of hydrogen-bond acceptors (Lipinski definition) is 3. The minimum absolute atomic E-state index is 0.0511. The number of carbonyl (C=O) groups excluding carboxylic acids is 2. The number of benzene rings is 1. The molecule has 2 amide bonds. The van der Waals surface area contributed by atoms with E-state index in [0.29, 0.717) is 19.6 Å². The Labute approximate surface area is 133 Å². The molecule has 0 fully saturated rings. The predicted molar refractivity (Wildman–Crippen MR) is 88.3 cm³/mol. The maximum Gasteiger partial charge on any atom is 0.237 e. The molecule has 0 aliphatic heterocycles. The zero-order chi connectivity index (χ0) is 16.5. The highest BCUT2D eigenvalue weighted by molar-refractivity contribution is 5.83. The lowest BCUT2D eigenvalue weighted by Gasteiger charge is -2.26. The molecule has 1 atom stereocenters. The molecule has 0 bridgehead atoms.